The van der Waals surface area contributed by atoms with Crippen molar-refractivity contribution in [2.45, 2.75) is 12.5 Å². The molecule has 1 aromatic heterocycles. The van der Waals surface area contributed by atoms with Crippen LogP contribution in [0.3, 0.4) is 0 Å². The van der Waals surface area contributed by atoms with Crippen molar-refractivity contribution >= 4 is 29.2 Å². The number of nitrogens with zero attached hydrogens (tertiary/aromatic N) is 1. The molecule has 8 heteroatoms. The van der Waals surface area contributed by atoms with Crippen molar-refractivity contribution in [2.24, 2.45) is 0 Å². The molecule has 6 nitrogen and oxygen atoms in total. The second kappa shape index (κ2) is 9.90. The van der Waals surface area contributed by atoms with Crippen LogP contribution in [0, 0.1) is 12.1 Å². The van der Waals surface area contributed by atoms with Gasteiger partial charge in [-0.05, 0) is 42.3 Å². The quantitative estimate of drug-likeness (QED) is 0.282. The first-order chi connectivity index (χ1) is 14.8. The number of hydrogen-bond acceptors (Lipinski definition) is 5. The smallest absolute Gasteiger partial charge is 0.338 e. The van der Waals surface area contributed by atoms with Gasteiger partial charge in [-0.2, -0.15) is 4.73 Å². The lowest BCUT2D eigenvalue weighted by Crippen LogP contribution is -2.25. The molecule has 0 saturated carbocycles. The molecule has 31 heavy (non-hydrogen) atoms. The summed E-state index contributed by atoms with van der Waals surface area (Å²) in [5, 5.41) is 11.9. The first kappa shape index (κ1) is 22.7. The Balaban J connectivity index is 1.99. The van der Waals surface area contributed by atoms with E-state index in [-0.39, 0.29) is 16.5 Å². The van der Waals surface area contributed by atoms with E-state index >= 15 is 0 Å². The van der Waals surface area contributed by atoms with E-state index in [9.17, 15) is 10.0 Å². The highest BCUT2D eigenvalue weighted by molar-refractivity contribution is 6.35. The predicted octanol–water partition coefficient (Wildman–Crippen LogP) is 4.97. The monoisotopic (exact) mass is 460 g/mol. The maximum absolute atomic E-state index is 12.8. The third kappa shape index (κ3) is 5.40. The molecule has 1 radical (unpaired) electrons. The lowest BCUT2D eigenvalue weighted by atomic mass is 10.0. The van der Waals surface area contributed by atoms with Gasteiger partial charge in [0.2, 0.25) is 0 Å². The fourth-order valence-corrected chi connectivity index (χ4v) is 3.63. The average molecular weight is 461 g/mol. The summed E-state index contributed by atoms with van der Waals surface area (Å²) >= 11 is 12.5. The standard InChI is InChI=1S/C23H20Cl2NO5/c1-14-4-6-15(7-5-14)23(27)31-21(11-17-18(24)12-26(28)13-19(17)25)16-8-9-20(29-2)22(10-16)30-3/h4-10,12-13,21H,1,11H2,2-3H3/t21-/m0/s1. The van der Waals surface area contributed by atoms with E-state index in [1.165, 1.54) is 26.6 Å². The van der Waals surface area contributed by atoms with Crippen LogP contribution in [0.5, 0.6) is 11.5 Å². The van der Waals surface area contributed by atoms with Gasteiger partial charge in [0, 0.05) is 12.0 Å². The zero-order valence-corrected chi connectivity index (χ0v) is 18.4. The van der Waals surface area contributed by atoms with Gasteiger partial charge in [0.05, 0.1) is 19.8 Å². The van der Waals surface area contributed by atoms with E-state index in [1.54, 1.807) is 42.5 Å². The Bertz CT molecular complexity index is 1060. The van der Waals surface area contributed by atoms with E-state index < -0.39 is 12.1 Å². The first-order valence-electron chi connectivity index (χ1n) is 9.24. The van der Waals surface area contributed by atoms with Gasteiger partial charge in [-0.1, -0.05) is 41.4 Å². The van der Waals surface area contributed by atoms with Crippen molar-refractivity contribution < 1.29 is 23.7 Å². The number of rotatable bonds is 7. The Morgan fingerprint density at radius 3 is 2.23 bits per heavy atom. The maximum atomic E-state index is 12.8. The normalized spacial score (nSPS) is 11.6. The van der Waals surface area contributed by atoms with Crippen molar-refractivity contribution in [3.63, 3.8) is 0 Å². The number of hydrogen-bond donors (Lipinski definition) is 0. The van der Waals surface area contributed by atoms with E-state index in [4.69, 9.17) is 37.4 Å². The second-order valence-corrected chi connectivity index (χ2v) is 7.52. The summed E-state index contributed by atoms with van der Waals surface area (Å²) in [6, 6.07) is 11.9. The fourth-order valence-electron chi connectivity index (χ4n) is 3.03. The van der Waals surface area contributed by atoms with Crippen LogP contribution in [0.1, 0.15) is 33.2 Å². The molecule has 3 rings (SSSR count). The minimum absolute atomic E-state index is 0.146. The van der Waals surface area contributed by atoms with Gasteiger partial charge in [-0.3, -0.25) is 0 Å². The number of benzene rings is 2. The van der Waals surface area contributed by atoms with Gasteiger partial charge in [0.25, 0.3) is 0 Å². The van der Waals surface area contributed by atoms with Gasteiger partial charge in [0.1, 0.15) is 16.1 Å². The first-order valence-corrected chi connectivity index (χ1v) is 9.99. The molecule has 1 heterocycles. The van der Waals surface area contributed by atoms with Gasteiger partial charge in [0.15, 0.2) is 23.9 Å². The van der Waals surface area contributed by atoms with Crippen molar-refractivity contribution in [3.8, 4) is 11.5 Å². The molecule has 0 saturated heterocycles. The van der Waals surface area contributed by atoms with E-state index in [1.807, 2.05) is 0 Å². The third-order valence-electron chi connectivity index (χ3n) is 4.67. The van der Waals surface area contributed by atoms with E-state index in [0.29, 0.717) is 32.9 Å². The molecule has 0 spiro atoms. The summed E-state index contributed by atoms with van der Waals surface area (Å²) < 4.78 is 17.0. The SMILES string of the molecule is [CH2]c1ccc(C(=O)O[C@@H](Cc2c(Cl)c[n+]([O-])cc2Cl)c2ccc(OC)c(OC)c2)cc1. The Hall–Kier alpha value is -2.96. The second-order valence-electron chi connectivity index (χ2n) is 6.70. The Labute approximate surface area is 190 Å². The molecular weight excluding hydrogens is 441 g/mol. The number of carbonyl (C=O) groups excluding carboxylic acids is 1. The van der Waals surface area contributed by atoms with Gasteiger partial charge in [-0.25, -0.2) is 4.79 Å². The Morgan fingerprint density at radius 1 is 1.03 bits per heavy atom. The van der Waals surface area contributed by atoms with E-state index in [2.05, 4.69) is 6.92 Å². The molecule has 0 aliphatic rings. The summed E-state index contributed by atoms with van der Waals surface area (Å²) in [7, 11) is 3.05. The summed E-state index contributed by atoms with van der Waals surface area (Å²) in [5.74, 6) is 0.484. The highest BCUT2D eigenvalue weighted by atomic mass is 35.5. The summed E-state index contributed by atoms with van der Waals surface area (Å²) in [6.07, 6.45) is 1.78. The highest BCUT2D eigenvalue weighted by Gasteiger charge is 2.24. The summed E-state index contributed by atoms with van der Waals surface area (Å²) in [5.41, 5.74) is 2.28. The maximum Gasteiger partial charge on any atom is 0.338 e. The molecule has 2 aromatic carbocycles. The number of methoxy groups -OCH3 is 2. The number of halogens is 2. The zero-order valence-electron chi connectivity index (χ0n) is 16.9. The Morgan fingerprint density at radius 2 is 1.65 bits per heavy atom. The largest absolute Gasteiger partial charge is 0.619 e. The van der Waals surface area contributed by atoms with Crippen LogP contribution in [0.4, 0.5) is 0 Å². The van der Waals surface area contributed by atoms with Crippen molar-refractivity contribution in [1.29, 1.82) is 0 Å². The van der Waals surface area contributed by atoms with Gasteiger partial charge >= 0.3 is 5.97 Å². The number of pyridine rings is 1. The molecule has 0 aliphatic carbocycles. The number of ether oxygens (including phenoxy) is 3. The van der Waals surface area contributed by atoms with Crippen LogP contribution in [0.25, 0.3) is 0 Å². The summed E-state index contributed by atoms with van der Waals surface area (Å²) in [4.78, 5) is 12.8. The molecular formula is C23H20Cl2NO5. The van der Waals surface area contributed by atoms with Gasteiger partial charge < -0.3 is 19.4 Å². The summed E-state index contributed by atoms with van der Waals surface area (Å²) in [6.45, 7) is 3.81. The zero-order chi connectivity index (χ0) is 22.5. The lowest BCUT2D eigenvalue weighted by molar-refractivity contribution is -0.605. The molecule has 161 valence electrons. The fraction of sp³-hybridized carbons (Fsp3) is 0.174. The molecule has 0 amide bonds. The lowest BCUT2D eigenvalue weighted by Gasteiger charge is -2.21. The molecule has 0 fully saturated rings. The van der Waals surface area contributed by atoms with Crippen LogP contribution in [-0.4, -0.2) is 20.2 Å². The van der Waals surface area contributed by atoms with Crippen molar-refractivity contribution in [3.05, 3.63) is 99.3 Å². The van der Waals surface area contributed by atoms with E-state index in [0.717, 1.165) is 5.56 Å². The molecule has 0 N–H and O–H groups in total. The molecule has 0 bridgehead atoms. The third-order valence-corrected chi connectivity index (χ3v) is 5.32. The number of carbonyl (C=O) groups is 1. The minimum Gasteiger partial charge on any atom is -0.619 e. The number of esters is 1. The van der Waals surface area contributed by atoms with Gasteiger partial charge in [-0.15, -0.1) is 0 Å². The van der Waals surface area contributed by atoms with Crippen LogP contribution < -0.4 is 14.2 Å². The highest BCUT2D eigenvalue weighted by Crippen LogP contribution is 2.35. The van der Waals surface area contributed by atoms with Crippen LogP contribution in [-0.2, 0) is 11.2 Å². The van der Waals surface area contributed by atoms with Crippen LogP contribution >= 0.6 is 23.2 Å². The topological polar surface area (TPSA) is 71.7 Å². The number of aromatic nitrogens is 1. The molecule has 0 unspecified atom stereocenters. The van der Waals surface area contributed by atoms with Crippen LogP contribution in [0.2, 0.25) is 10.0 Å². The van der Waals surface area contributed by atoms with Crippen LogP contribution in [0.15, 0.2) is 54.9 Å². The average Bonchev–Trinajstić information content (AvgIpc) is 2.75. The molecule has 1 atom stereocenters. The minimum atomic E-state index is -0.760. The molecule has 3 aromatic rings. The van der Waals surface area contributed by atoms with Crippen molar-refractivity contribution in [1.82, 2.24) is 0 Å². The Kier molecular flexibility index (Phi) is 7.25. The van der Waals surface area contributed by atoms with Crippen molar-refractivity contribution in [2.75, 3.05) is 14.2 Å². The predicted molar refractivity (Wildman–Crippen MR) is 118 cm³/mol. The molecule has 0 aliphatic heterocycles.